The summed E-state index contributed by atoms with van der Waals surface area (Å²) in [6, 6.07) is 12.9. The van der Waals surface area contributed by atoms with Crippen LogP contribution in [0.2, 0.25) is 0 Å². The van der Waals surface area contributed by atoms with Gasteiger partial charge in [-0.15, -0.1) is 0 Å². The zero-order chi connectivity index (χ0) is 21.5. The molecule has 8 nitrogen and oxygen atoms in total. The molecule has 0 radical (unpaired) electrons. The third-order valence-electron chi connectivity index (χ3n) is 4.21. The minimum absolute atomic E-state index is 0.284. The molecule has 0 aliphatic rings. The Morgan fingerprint density at radius 2 is 1.63 bits per heavy atom. The van der Waals surface area contributed by atoms with Crippen molar-refractivity contribution in [3.05, 3.63) is 72.1 Å². The summed E-state index contributed by atoms with van der Waals surface area (Å²) in [6.45, 7) is 3.49. The van der Waals surface area contributed by atoms with Crippen molar-refractivity contribution in [3.8, 4) is 11.4 Å². The fourth-order valence-electron chi connectivity index (χ4n) is 2.62. The van der Waals surface area contributed by atoms with E-state index in [1.165, 1.54) is 6.92 Å². The lowest BCUT2D eigenvalue weighted by atomic mass is 10.1. The van der Waals surface area contributed by atoms with Crippen molar-refractivity contribution in [1.29, 1.82) is 0 Å². The lowest BCUT2D eigenvalue weighted by Crippen LogP contribution is -2.30. The van der Waals surface area contributed by atoms with Crippen LogP contribution in [0.1, 0.15) is 34.6 Å². The highest BCUT2D eigenvalue weighted by atomic mass is 16.5. The predicted molar refractivity (Wildman–Crippen MR) is 110 cm³/mol. The number of hydrogen-bond acceptors (Lipinski definition) is 6. The number of carbonyl (C=O) groups excluding carboxylic acids is 3. The van der Waals surface area contributed by atoms with Gasteiger partial charge in [-0.05, 0) is 50.2 Å². The van der Waals surface area contributed by atoms with E-state index in [1.807, 2.05) is 0 Å². The standard InChI is InChI=1S/C22H21N3O5/c1-3-29-21(27)16-8-10-18(11-9-16)25-20(26)14(2)30-22(28)17-6-4-15(5-7-17)19-23-12-13-24-19/h4-14H,3H2,1-2H3,(H,23,24)(H,25,26). The first-order valence-corrected chi connectivity index (χ1v) is 9.36. The normalized spacial score (nSPS) is 11.4. The summed E-state index contributed by atoms with van der Waals surface area (Å²) < 4.78 is 10.2. The Labute approximate surface area is 173 Å². The topological polar surface area (TPSA) is 110 Å². The second kappa shape index (κ2) is 9.51. The van der Waals surface area contributed by atoms with Crippen LogP contribution in [0.5, 0.6) is 0 Å². The molecule has 0 spiro atoms. The minimum Gasteiger partial charge on any atom is -0.462 e. The molecule has 1 heterocycles. The van der Waals surface area contributed by atoms with E-state index >= 15 is 0 Å². The van der Waals surface area contributed by atoms with Crippen LogP contribution in [0.15, 0.2) is 60.9 Å². The van der Waals surface area contributed by atoms with Gasteiger partial charge in [0.15, 0.2) is 6.10 Å². The number of carbonyl (C=O) groups is 3. The van der Waals surface area contributed by atoms with Gasteiger partial charge in [0.05, 0.1) is 17.7 Å². The lowest BCUT2D eigenvalue weighted by Gasteiger charge is -2.14. The Kier molecular flexibility index (Phi) is 6.59. The molecule has 1 amide bonds. The van der Waals surface area contributed by atoms with Crippen LogP contribution in [-0.2, 0) is 14.3 Å². The van der Waals surface area contributed by atoms with E-state index in [1.54, 1.807) is 67.8 Å². The molecule has 1 atom stereocenters. The van der Waals surface area contributed by atoms with E-state index in [4.69, 9.17) is 9.47 Å². The highest BCUT2D eigenvalue weighted by molar-refractivity contribution is 5.98. The number of benzene rings is 2. The number of rotatable bonds is 7. The molecule has 0 fully saturated rings. The SMILES string of the molecule is CCOC(=O)c1ccc(NC(=O)C(C)OC(=O)c2ccc(-c3ncc[nH]3)cc2)cc1. The summed E-state index contributed by atoms with van der Waals surface area (Å²) >= 11 is 0. The molecule has 2 aromatic carbocycles. The third-order valence-corrected chi connectivity index (χ3v) is 4.21. The fraction of sp³-hybridized carbons (Fsp3) is 0.182. The smallest absolute Gasteiger partial charge is 0.338 e. The number of hydrogen-bond donors (Lipinski definition) is 2. The van der Waals surface area contributed by atoms with Gasteiger partial charge in [-0.3, -0.25) is 4.79 Å². The van der Waals surface area contributed by atoms with E-state index in [0.29, 0.717) is 22.6 Å². The second-order valence-corrected chi connectivity index (χ2v) is 6.35. The molecule has 1 aromatic heterocycles. The summed E-state index contributed by atoms with van der Waals surface area (Å²) in [4.78, 5) is 43.4. The lowest BCUT2D eigenvalue weighted by molar-refractivity contribution is -0.123. The molecule has 1 unspecified atom stereocenters. The van der Waals surface area contributed by atoms with Crippen LogP contribution in [0, 0.1) is 0 Å². The number of aromatic amines is 1. The van der Waals surface area contributed by atoms with Crippen molar-refractivity contribution in [1.82, 2.24) is 9.97 Å². The summed E-state index contributed by atoms with van der Waals surface area (Å²) in [7, 11) is 0. The van der Waals surface area contributed by atoms with Crippen LogP contribution in [0.4, 0.5) is 5.69 Å². The van der Waals surface area contributed by atoms with Crippen molar-refractivity contribution >= 4 is 23.5 Å². The molecule has 8 heteroatoms. The molecule has 2 N–H and O–H groups in total. The number of amides is 1. The number of aromatic nitrogens is 2. The molecule has 3 aromatic rings. The van der Waals surface area contributed by atoms with E-state index in [9.17, 15) is 14.4 Å². The summed E-state index contributed by atoms with van der Waals surface area (Å²) in [6.07, 6.45) is 2.34. The number of ether oxygens (including phenoxy) is 2. The number of anilines is 1. The van der Waals surface area contributed by atoms with Crippen LogP contribution in [0.3, 0.4) is 0 Å². The zero-order valence-electron chi connectivity index (χ0n) is 16.5. The minimum atomic E-state index is -1.01. The van der Waals surface area contributed by atoms with Gasteiger partial charge in [-0.2, -0.15) is 0 Å². The maximum Gasteiger partial charge on any atom is 0.338 e. The molecular formula is C22H21N3O5. The highest BCUT2D eigenvalue weighted by Gasteiger charge is 2.19. The van der Waals surface area contributed by atoms with Gasteiger partial charge >= 0.3 is 11.9 Å². The van der Waals surface area contributed by atoms with Crippen molar-refractivity contribution in [2.45, 2.75) is 20.0 Å². The molecule has 0 bridgehead atoms. The summed E-state index contributed by atoms with van der Waals surface area (Å²) in [5.41, 5.74) is 2.00. The van der Waals surface area contributed by atoms with Gasteiger partial charge < -0.3 is 19.8 Å². The second-order valence-electron chi connectivity index (χ2n) is 6.35. The van der Waals surface area contributed by atoms with Gasteiger partial charge in [0.1, 0.15) is 5.82 Å². The molecular weight excluding hydrogens is 386 g/mol. The van der Waals surface area contributed by atoms with Gasteiger partial charge in [-0.1, -0.05) is 12.1 Å². The molecule has 0 aliphatic heterocycles. The van der Waals surface area contributed by atoms with E-state index in [2.05, 4.69) is 15.3 Å². The van der Waals surface area contributed by atoms with Gasteiger partial charge in [0.2, 0.25) is 0 Å². The maximum absolute atomic E-state index is 12.3. The average molecular weight is 407 g/mol. The molecule has 0 aliphatic carbocycles. The molecule has 30 heavy (non-hydrogen) atoms. The first-order valence-electron chi connectivity index (χ1n) is 9.36. The first kappa shape index (κ1) is 20.8. The maximum atomic E-state index is 12.3. The Bertz CT molecular complexity index is 1010. The third kappa shape index (κ3) is 5.11. The Morgan fingerprint density at radius 3 is 2.23 bits per heavy atom. The number of imidazole rings is 1. The first-order chi connectivity index (χ1) is 14.5. The summed E-state index contributed by atoms with van der Waals surface area (Å²) in [5.74, 6) is -0.840. The van der Waals surface area contributed by atoms with Crippen LogP contribution in [-0.4, -0.2) is 40.5 Å². The average Bonchev–Trinajstić information content (AvgIpc) is 3.29. The van der Waals surface area contributed by atoms with Gasteiger partial charge in [0, 0.05) is 23.6 Å². The molecule has 0 saturated heterocycles. The Hall–Kier alpha value is -3.94. The van der Waals surface area contributed by atoms with E-state index < -0.39 is 23.9 Å². The van der Waals surface area contributed by atoms with Crippen molar-refractivity contribution in [2.75, 3.05) is 11.9 Å². The highest BCUT2D eigenvalue weighted by Crippen LogP contribution is 2.16. The van der Waals surface area contributed by atoms with Crippen LogP contribution in [0.25, 0.3) is 11.4 Å². The molecule has 3 rings (SSSR count). The van der Waals surface area contributed by atoms with Crippen molar-refractivity contribution in [3.63, 3.8) is 0 Å². The van der Waals surface area contributed by atoms with Crippen LogP contribution < -0.4 is 5.32 Å². The molecule has 154 valence electrons. The van der Waals surface area contributed by atoms with Crippen LogP contribution >= 0.6 is 0 Å². The largest absolute Gasteiger partial charge is 0.462 e. The number of nitrogens with one attached hydrogen (secondary N) is 2. The van der Waals surface area contributed by atoms with Gasteiger partial charge in [-0.25, -0.2) is 14.6 Å². The van der Waals surface area contributed by atoms with Gasteiger partial charge in [0.25, 0.3) is 5.91 Å². The Morgan fingerprint density at radius 1 is 1.00 bits per heavy atom. The van der Waals surface area contributed by atoms with E-state index in [-0.39, 0.29) is 6.61 Å². The predicted octanol–water partition coefficient (Wildman–Crippen LogP) is 3.44. The monoisotopic (exact) mass is 407 g/mol. The number of esters is 2. The zero-order valence-corrected chi connectivity index (χ0v) is 16.5. The summed E-state index contributed by atoms with van der Waals surface area (Å²) in [5, 5.41) is 2.64. The molecule has 0 saturated carbocycles. The van der Waals surface area contributed by atoms with Crippen molar-refractivity contribution < 1.29 is 23.9 Å². The van der Waals surface area contributed by atoms with Crippen molar-refractivity contribution in [2.24, 2.45) is 0 Å². The number of H-pyrrole nitrogens is 1. The van der Waals surface area contributed by atoms with E-state index in [0.717, 1.165) is 5.56 Å². The number of nitrogens with zero attached hydrogens (tertiary/aromatic N) is 1. The Balaban J connectivity index is 1.56. The fourth-order valence-corrected chi connectivity index (χ4v) is 2.62. The quantitative estimate of drug-likeness (QED) is 0.581.